The van der Waals surface area contributed by atoms with Gasteiger partial charge in [0.15, 0.2) is 5.78 Å². The molecule has 0 fully saturated rings. The van der Waals surface area contributed by atoms with E-state index in [1.165, 1.54) is 0 Å². The van der Waals surface area contributed by atoms with Gasteiger partial charge in [-0.05, 0) is 6.92 Å². The summed E-state index contributed by atoms with van der Waals surface area (Å²) in [5.41, 5.74) is 7.15. The molecule has 6 nitrogen and oxygen atoms in total. The van der Waals surface area contributed by atoms with Gasteiger partial charge in [-0.2, -0.15) is 0 Å². The molecule has 0 unspecified atom stereocenters. The van der Waals surface area contributed by atoms with Crippen molar-refractivity contribution in [2.24, 2.45) is 0 Å². The molecule has 1 aromatic carbocycles. The Morgan fingerprint density at radius 2 is 1.82 bits per heavy atom. The van der Waals surface area contributed by atoms with Crippen molar-refractivity contribution in [1.82, 2.24) is 4.98 Å². The number of rotatable bonds is 3. The maximum Gasteiger partial charge on any atom is 0.310 e. The second kappa shape index (κ2) is 5.14. The number of carbonyl (C=O) groups excluding carboxylic acids is 3. The van der Waals surface area contributed by atoms with Crippen molar-refractivity contribution < 1.29 is 19.1 Å². The summed E-state index contributed by atoms with van der Waals surface area (Å²) in [6.07, 6.45) is -0.146. The summed E-state index contributed by atoms with van der Waals surface area (Å²) >= 11 is 0. The highest BCUT2D eigenvalue weighted by atomic mass is 16.5. The second-order valence-corrected chi connectivity index (χ2v) is 4.95. The monoisotopic (exact) mass is 298 g/mol. The summed E-state index contributed by atoms with van der Waals surface area (Å²) in [7, 11) is 0. The predicted molar refractivity (Wildman–Crippen MR) is 78.8 cm³/mol. The zero-order valence-electron chi connectivity index (χ0n) is 11.9. The zero-order chi connectivity index (χ0) is 15.9. The van der Waals surface area contributed by atoms with Crippen LogP contribution in [0, 0.1) is 0 Å². The number of aromatic nitrogens is 1. The Labute approximate surface area is 126 Å². The second-order valence-electron chi connectivity index (χ2n) is 4.95. The molecule has 0 spiro atoms. The van der Waals surface area contributed by atoms with Crippen molar-refractivity contribution in [3.63, 3.8) is 0 Å². The lowest BCUT2D eigenvalue weighted by Gasteiger charge is -2.14. The molecule has 1 aromatic heterocycles. The molecule has 3 rings (SSSR count). The molecule has 1 aliphatic carbocycles. The zero-order valence-corrected chi connectivity index (χ0v) is 11.9. The van der Waals surface area contributed by atoms with Gasteiger partial charge in [-0.25, -0.2) is 0 Å². The van der Waals surface area contributed by atoms with E-state index in [2.05, 4.69) is 4.98 Å². The summed E-state index contributed by atoms with van der Waals surface area (Å²) < 4.78 is 4.89. The number of nitrogen functional groups attached to an aromatic ring is 1. The van der Waals surface area contributed by atoms with Gasteiger partial charge < -0.3 is 15.5 Å². The van der Waals surface area contributed by atoms with Gasteiger partial charge in [0.05, 0.1) is 18.6 Å². The van der Waals surface area contributed by atoms with Crippen LogP contribution in [0.1, 0.15) is 44.5 Å². The molecule has 2 aromatic rings. The molecule has 0 saturated heterocycles. The summed E-state index contributed by atoms with van der Waals surface area (Å²) in [5, 5.41) is 0. The van der Waals surface area contributed by atoms with Crippen LogP contribution < -0.4 is 5.73 Å². The van der Waals surface area contributed by atoms with Gasteiger partial charge in [-0.3, -0.25) is 14.4 Å². The Morgan fingerprint density at radius 3 is 2.45 bits per heavy atom. The summed E-state index contributed by atoms with van der Waals surface area (Å²) in [6.45, 7) is 1.93. The summed E-state index contributed by atoms with van der Waals surface area (Å²) in [5.74, 6) is -0.952. The molecule has 22 heavy (non-hydrogen) atoms. The number of carbonyl (C=O) groups is 3. The maximum absolute atomic E-state index is 12.6. The van der Waals surface area contributed by atoms with Gasteiger partial charge >= 0.3 is 5.97 Å². The van der Waals surface area contributed by atoms with Crippen LogP contribution >= 0.6 is 0 Å². The van der Waals surface area contributed by atoms with Crippen LogP contribution in [0.2, 0.25) is 0 Å². The highest BCUT2D eigenvalue weighted by Crippen LogP contribution is 2.32. The number of H-pyrrole nitrogens is 1. The van der Waals surface area contributed by atoms with Crippen LogP contribution in [0.25, 0.3) is 0 Å². The molecule has 112 valence electrons. The van der Waals surface area contributed by atoms with E-state index in [-0.39, 0.29) is 41.7 Å². The molecule has 0 amide bonds. The van der Waals surface area contributed by atoms with Crippen LogP contribution in [-0.4, -0.2) is 29.1 Å². The Bertz CT molecular complexity index is 804. The Balaban J connectivity index is 2.12. The minimum atomic E-state index is -0.491. The van der Waals surface area contributed by atoms with Crippen LogP contribution in [0.4, 0.5) is 5.82 Å². The van der Waals surface area contributed by atoms with Crippen LogP contribution in [-0.2, 0) is 16.0 Å². The topological polar surface area (TPSA) is 102 Å². The molecular formula is C16H14N2O4. The number of nitrogens with one attached hydrogen (secondary N) is 1. The first-order valence-corrected chi connectivity index (χ1v) is 6.89. The van der Waals surface area contributed by atoms with Gasteiger partial charge in [0.1, 0.15) is 11.5 Å². The van der Waals surface area contributed by atoms with Crippen molar-refractivity contribution in [2.75, 3.05) is 12.3 Å². The average molecular weight is 298 g/mol. The lowest BCUT2D eigenvalue weighted by Crippen LogP contribution is -2.21. The largest absolute Gasteiger partial charge is 0.466 e. The molecule has 3 N–H and O–H groups in total. The minimum Gasteiger partial charge on any atom is -0.466 e. The van der Waals surface area contributed by atoms with Gasteiger partial charge in [0.2, 0.25) is 5.78 Å². The summed E-state index contributed by atoms with van der Waals surface area (Å²) in [4.78, 5) is 39.6. The Kier molecular flexibility index (Phi) is 3.29. The van der Waals surface area contributed by atoms with Gasteiger partial charge in [0, 0.05) is 16.7 Å². The number of anilines is 1. The van der Waals surface area contributed by atoms with E-state index in [0.717, 1.165) is 0 Å². The molecule has 0 bridgehead atoms. The third-order valence-electron chi connectivity index (χ3n) is 3.63. The first-order chi connectivity index (χ1) is 10.5. The molecular weight excluding hydrogens is 284 g/mol. The maximum atomic E-state index is 12.6. The van der Waals surface area contributed by atoms with Crippen molar-refractivity contribution in [3.8, 4) is 0 Å². The van der Waals surface area contributed by atoms with E-state index in [1.807, 2.05) is 0 Å². The quantitative estimate of drug-likeness (QED) is 0.713. The van der Waals surface area contributed by atoms with Gasteiger partial charge in [-0.15, -0.1) is 0 Å². The van der Waals surface area contributed by atoms with Crippen molar-refractivity contribution in [1.29, 1.82) is 0 Å². The van der Waals surface area contributed by atoms with Crippen molar-refractivity contribution in [2.45, 2.75) is 13.3 Å². The fourth-order valence-electron chi connectivity index (χ4n) is 2.67. The highest BCUT2D eigenvalue weighted by Gasteiger charge is 2.35. The van der Waals surface area contributed by atoms with Crippen LogP contribution in [0.5, 0.6) is 0 Å². The van der Waals surface area contributed by atoms with E-state index in [1.54, 1.807) is 31.2 Å². The van der Waals surface area contributed by atoms with E-state index in [4.69, 9.17) is 10.5 Å². The van der Waals surface area contributed by atoms with E-state index in [9.17, 15) is 14.4 Å². The standard InChI is InChI=1S/C16H14N2O4/c1-2-22-11(19)7-10-12-13(18-16(10)17)15(21)9-6-4-3-5-8(9)14(12)20/h3-6,18H,2,7,17H2,1H3. The number of aromatic amines is 1. The molecule has 0 aliphatic heterocycles. The van der Waals surface area contributed by atoms with Gasteiger partial charge in [-0.1, -0.05) is 24.3 Å². The van der Waals surface area contributed by atoms with Crippen molar-refractivity contribution in [3.05, 3.63) is 52.2 Å². The number of hydrogen-bond donors (Lipinski definition) is 2. The van der Waals surface area contributed by atoms with E-state index in [0.29, 0.717) is 16.7 Å². The first-order valence-electron chi connectivity index (χ1n) is 6.89. The fourth-order valence-corrected chi connectivity index (χ4v) is 2.67. The predicted octanol–water partition coefficient (Wildman–Crippen LogP) is 1.48. The third-order valence-corrected chi connectivity index (χ3v) is 3.63. The van der Waals surface area contributed by atoms with E-state index >= 15 is 0 Å². The first kappa shape index (κ1) is 14.1. The number of ketones is 2. The number of benzene rings is 1. The molecule has 0 atom stereocenters. The number of hydrogen-bond acceptors (Lipinski definition) is 5. The van der Waals surface area contributed by atoms with Crippen molar-refractivity contribution >= 4 is 23.4 Å². The Hall–Kier alpha value is -2.89. The smallest absolute Gasteiger partial charge is 0.310 e. The van der Waals surface area contributed by atoms with E-state index < -0.39 is 5.97 Å². The Morgan fingerprint density at radius 1 is 1.18 bits per heavy atom. The summed E-state index contributed by atoms with van der Waals surface area (Å²) in [6, 6.07) is 6.58. The molecule has 0 radical (unpaired) electrons. The van der Waals surface area contributed by atoms with Crippen LogP contribution in [0.3, 0.4) is 0 Å². The average Bonchev–Trinajstić information content (AvgIpc) is 2.82. The lowest BCUT2D eigenvalue weighted by molar-refractivity contribution is -0.142. The third kappa shape index (κ3) is 2.00. The van der Waals surface area contributed by atoms with Gasteiger partial charge in [0.25, 0.3) is 0 Å². The SMILES string of the molecule is CCOC(=O)Cc1c(N)[nH]c2c1C(=O)c1ccccc1C2=O. The number of ether oxygens (including phenoxy) is 1. The normalized spacial score (nSPS) is 12.8. The van der Waals surface area contributed by atoms with Crippen LogP contribution in [0.15, 0.2) is 24.3 Å². The minimum absolute atomic E-state index is 0.139. The molecule has 0 saturated carbocycles. The number of nitrogens with two attached hydrogens (primary N) is 1. The molecule has 1 aliphatic rings. The molecule has 6 heteroatoms. The highest BCUT2D eigenvalue weighted by molar-refractivity contribution is 6.29. The molecule has 1 heterocycles. The fraction of sp³-hybridized carbons (Fsp3) is 0.188. The lowest BCUT2D eigenvalue weighted by atomic mass is 9.86. The number of fused-ring (bicyclic) bond motifs is 2. The number of esters is 1.